The van der Waals surface area contributed by atoms with Gasteiger partial charge in [0.05, 0.1) is 17.9 Å². The molecule has 21 heavy (non-hydrogen) atoms. The first-order chi connectivity index (χ1) is 10.1. The lowest BCUT2D eigenvalue weighted by atomic mass is 10.2. The first-order valence-electron chi connectivity index (χ1n) is 7.35. The van der Waals surface area contributed by atoms with Gasteiger partial charge in [-0.25, -0.2) is 0 Å². The zero-order valence-electron chi connectivity index (χ0n) is 12.6. The van der Waals surface area contributed by atoms with Crippen LogP contribution in [0.5, 0.6) is 5.75 Å². The SMILES string of the molecule is CCc1cc(CC)n(CC(O)COc2ccccc2N)n1. The van der Waals surface area contributed by atoms with Crippen LogP contribution in [0.1, 0.15) is 25.2 Å². The lowest BCUT2D eigenvalue weighted by Crippen LogP contribution is -2.25. The van der Waals surface area contributed by atoms with Gasteiger partial charge >= 0.3 is 0 Å². The summed E-state index contributed by atoms with van der Waals surface area (Å²) < 4.78 is 7.42. The van der Waals surface area contributed by atoms with E-state index in [1.807, 2.05) is 16.8 Å². The van der Waals surface area contributed by atoms with Crippen LogP contribution < -0.4 is 10.5 Å². The van der Waals surface area contributed by atoms with Gasteiger partial charge in [-0.2, -0.15) is 5.10 Å². The maximum atomic E-state index is 10.1. The Balaban J connectivity index is 1.94. The van der Waals surface area contributed by atoms with Crippen LogP contribution in [-0.2, 0) is 19.4 Å². The van der Waals surface area contributed by atoms with E-state index in [9.17, 15) is 5.11 Å². The van der Waals surface area contributed by atoms with Crippen molar-refractivity contribution in [3.8, 4) is 5.75 Å². The molecule has 0 spiro atoms. The minimum Gasteiger partial charge on any atom is -0.489 e. The second kappa shape index (κ2) is 7.13. The Morgan fingerprint density at radius 3 is 2.71 bits per heavy atom. The fourth-order valence-electron chi connectivity index (χ4n) is 2.18. The van der Waals surface area contributed by atoms with E-state index >= 15 is 0 Å². The van der Waals surface area contributed by atoms with Gasteiger partial charge in [-0.15, -0.1) is 0 Å². The average molecular weight is 289 g/mol. The van der Waals surface area contributed by atoms with Crippen LogP contribution in [0.15, 0.2) is 30.3 Å². The summed E-state index contributed by atoms with van der Waals surface area (Å²) in [4.78, 5) is 0. The fourth-order valence-corrected chi connectivity index (χ4v) is 2.18. The van der Waals surface area contributed by atoms with Gasteiger partial charge in [-0.3, -0.25) is 4.68 Å². The molecule has 1 atom stereocenters. The summed E-state index contributed by atoms with van der Waals surface area (Å²) in [5.74, 6) is 0.599. The van der Waals surface area contributed by atoms with Crippen LogP contribution in [0.4, 0.5) is 5.69 Å². The van der Waals surface area contributed by atoms with Crippen LogP contribution >= 0.6 is 0 Å². The van der Waals surface area contributed by atoms with Crippen LogP contribution in [0, 0.1) is 0 Å². The Labute approximate surface area is 125 Å². The Morgan fingerprint density at radius 1 is 1.29 bits per heavy atom. The lowest BCUT2D eigenvalue weighted by Gasteiger charge is -2.15. The molecule has 0 aliphatic rings. The molecule has 1 heterocycles. The highest BCUT2D eigenvalue weighted by Gasteiger charge is 2.12. The van der Waals surface area contributed by atoms with Crippen molar-refractivity contribution < 1.29 is 9.84 Å². The number of ether oxygens (including phenoxy) is 1. The molecule has 0 saturated heterocycles. The highest BCUT2D eigenvalue weighted by Crippen LogP contribution is 2.20. The van der Waals surface area contributed by atoms with E-state index in [2.05, 4.69) is 25.0 Å². The summed E-state index contributed by atoms with van der Waals surface area (Å²) in [6, 6.07) is 9.36. The number of aliphatic hydroxyl groups excluding tert-OH is 1. The van der Waals surface area contributed by atoms with Crippen molar-refractivity contribution in [3.63, 3.8) is 0 Å². The number of rotatable bonds is 7. The summed E-state index contributed by atoms with van der Waals surface area (Å²) in [6.45, 7) is 4.78. The second-order valence-corrected chi connectivity index (χ2v) is 5.02. The highest BCUT2D eigenvalue weighted by molar-refractivity contribution is 5.51. The zero-order valence-corrected chi connectivity index (χ0v) is 12.6. The number of nitrogens with zero attached hydrogens (tertiary/aromatic N) is 2. The van der Waals surface area contributed by atoms with Gasteiger partial charge in [0.2, 0.25) is 0 Å². The van der Waals surface area contributed by atoms with Gasteiger partial charge in [-0.1, -0.05) is 26.0 Å². The molecular formula is C16H23N3O2. The highest BCUT2D eigenvalue weighted by atomic mass is 16.5. The Kier molecular flexibility index (Phi) is 5.22. The summed E-state index contributed by atoms with van der Waals surface area (Å²) in [5, 5.41) is 14.6. The molecule has 3 N–H and O–H groups in total. The van der Waals surface area contributed by atoms with E-state index in [4.69, 9.17) is 10.5 Å². The van der Waals surface area contributed by atoms with Crippen molar-refractivity contribution in [3.05, 3.63) is 41.7 Å². The minimum absolute atomic E-state index is 0.193. The van der Waals surface area contributed by atoms with E-state index in [0.29, 0.717) is 18.0 Å². The topological polar surface area (TPSA) is 73.3 Å². The number of hydrogen-bond acceptors (Lipinski definition) is 4. The van der Waals surface area contributed by atoms with E-state index in [1.165, 1.54) is 0 Å². The molecule has 0 aliphatic carbocycles. The molecule has 5 nitrogen and oxygen atoms in total. The predicted octanol–water partition coefficient (Wildman–Crippen LogP) is 2.03. The van der Waals surface area contributed by atoms with Crippen LogP contribution in [0.25, 0.3) is 0 Å². The summed E-state index contributed by atoms with van der Waals surface area (Å²) in [5.41, 5.74) is 8.56. The third kappa shape index (κ3) is 3.98. The Morgan fingerprint density at radius 2 is 2.05 bits per heavy atom. The van der Waals surface area contributed by atoms with Crippen LogP contribution in [0.2, 0.25) is 0 Å². The number of aryl methyl sites for hydroxylation is 2. The molecule has 0 saturated carbocycles. The van der Waals surface area contributed by atoms with E-state index in [1.54, 1.807) is 12.1 Å². The third-order valence-electron chi connectivity index (χ3n) is 3.37. The molecule has 5 heteroatoms. The van der Waals surface area contributed by atoms with Crippen molar-refractivity contribution in [2.45, 2.75) is 39.3 Å². The van der Waals surface area contributed by atoms with Crippen molar-refractivity contribution in [2.75, 3.05) is 12.3 Å². The van der Waals surface area contributed by atoms with Crippen molar-refractivity contribution >= 4 is 5.69 Å². The minimum atomic E-state index is -0.625. The van der Waals surface area contributed by atoms with E-state index < -0.39 is 6.10 Å². The van der Waals surface area contributed by atoms with Gasteiger partial charge in [0.15, 0.2) is 0 Å². The Bertz CT molecular complexity index is 581. The molecule has 1 unspecified atom stereocenters. The number of aromatic nitrogens is 2. The molecule has 0 fully saturated rings. The molecule has 1 aromatic carbocycles. The predicted molar refractivity (Wildman–Crippen MR) is 83.3 cm³/mol. The number of benzene rings is 1. The van der Waals surface area contributed by atoms with Gasteiger partial charge in [0.25, 0.3) is 0 Å². The van der Waals surface area contributed by atoms with Gasteiger partial charge in [-0.05, 0) is 31.0 Å². The standard InChI is InChI=1S/C16H23N3O2/c1-3-12-9-13(4-2)19(18-12)10-14(20)11-21-16-8-6-5-7-15(16)17/h5-9,14,20H,3-4,10-11,17H2,1-2H3. The Hall–Kier alpha value is -2.01. The largest absolute Gasteiger partial charge is 0.489 e. The van der Waals surface area contributed by atoms with Gasteiger partial charge in [0, 0.05) is 5.69 Å². The number of aliphatic hydroxyl groups is 1. The smallest absolute Gasteiger partial charge is 0.142 e. The third-order valence-corrected chi connectivity index (χ3v) is 3.37. The normalized spacial score (nSPS) is 12.3. The molecular weight excluding hydrogens is 266 g/mol. The molecule has 0 radical (unpaired) electrons. The monoisotopic (exact) mass is 289 g/mol. The van der Waals surface area contributed by atoms with Gasteiger partial charge in [0.1, 0.15) is 18.5 Å². The lowest BCUT2D eigenvalue weighted by molar-refractivity contribution is 0.0888. The quantitative estimate of drug-likeness (QED) is 0.765. The number of nitrogen functional groups attached to an aromatic ring is 1. The first kappa shape index (κ1) is 15.4. The zero-order chi connectivity index (χ0) is 15.2. The van der Waals surface area contributed by atoms with Gasteiger partial charge < -0.3 is 15.6 Å². The van der Waals surface area contributed by atoms with Crippen LogP contribution in [-0.4, -0.2) is 27.6 Å². The molecule has 2 rings (SSSR count). The van der Waals surface area contributed by atoms with Crippen molar-refractivity contribution in [1.82, 2.24) is 9.78 Å². The second-order valence-electron chi connectivity index (χ2n) is 5.02. The molecule has 0 amide bonds. The van der Waals surface area contributed by atoms with E-state index in [0.717, 1.165) is 24.2 Å². The number of nitrogens with two attached hydrogens (primary N) is 1. The summed E-state index contributed by atoms with van der Waals surface area (Å²) in [6.07, 6.45) is 1.17. The maximum absolute atomic E-state index is 10.1. The van der Waals surface area contributed by atoms with Crippen LogP contribution in [0.3, 0.4) is 0 Å². The number of para-hydroxylation sites is 2. The summed E-state index contributed by atoms with van der Waals surface area (Å²) in [7, 11) is 0. The van der Waals surface area contributed by atoms with Crippen molar-refractivity contribution in [1.29, 1.82) is 0 Å². The van der Waals surface area contributed by atoms with Crippen molar-refractivity contribution in [2.24, 2.45) is 0 Å². The summed E-state index contributed by atoms with van der Waals surface area (Å²) >= 11 is 0. The number of hydrogen-bond donors (Lipinski definition) is 2. The molecule has 0 aliphatic heterocycles. The van der Waals surface area contributed by atoms with E-state index in [-0.39, 0.29) is 6.61 Å². The molecule has 114 valence electrons. The fraction of sp³-hybridized carbons (Fsp3) is 0.438. The number of anilines is 1. The first-order valence-corrected chi connectivity index (χ1v) is 7.35. The molecule has 0 bridgehead atoms. The molecule has 1 aromatic heterocycles. The average Bonchev–Trinajstić information content (AvgIpc) is 2.88. The maximum Gasteiger partial charge on any atom is 0.142 e. The molecule has 2 aromatic rings.